The highest BCUT2D eigenvalue weighted by molar-refractivity contribution is 5.34. The van der Waals surface area contributed by atoms with Gasteiger partial charge in [0.15, 0.2) is 6.23 Å². The van der Waals surface area contributed by atoms with Crippen LogP contribution in [0.3, 0.4) is 0 Å². The van der Waals surface area contributed by atoms with Crippen molar-refractivity contribution in [3.05, 3.63) is 59.1 Å². The van der Waals surface area contributed by atoms with Gasteiger partial charge in [0.05, 0.1) is 5.70 Å². The number of hydrogen-bond donors (Lipinski definition) is 4. The second-order valence-electron chi connectivity index (χ2n) is 6.78. The standard InChI is InChI=1S/C21H34N4O/c1-5-7-18(15-22-4)21(26)24-19-9-8-17(16(3)6-2)14-20(19)25-12-10-23-11-13-25/h5-9,15,17,21-24,26H,10-14H2,1-4H3/b7-5-,16-6+,18-15+. The van der Waals surface area contributed by atoms with Gasteiger partial charge >= 0.3 is 0 Å². The molecule has 0 aromatic rings. The summed E-state index contributed by atoms with van der Waals surface area (Å²) in [7, 11) is 1.84. The van der Waals surface area contributed by atoms with E-state index in [0.29, 0.717) is 5.92 Å². The zero-order valence-corrected chi connectivity index (χ0v) is 16.5. The van der Waals surface area contributed by atoms with Crippen LogP contribution in [0, 0.1) is 5.92 Å². The van der Waals surface area contributed by atoms with E-state index in [1.54, 1.807) is 0 Å². The maximum atomic E-state index is 10.7. The van der Waals surface area contributed by atoms with Gasteiger partial charge in [-0.05, 0) is 33.3 Å². The first kappa shape index (κ1) is 20.3. The van der Waals surface area contributed by atoms with Gasteiger partial charge in [-0.15, -0.1) is 0 Å². The predicted molar refractivity (Wildman–Crippen MR) is 109 cm³/mol. The van der Waals surface area contributed by atoms with E-state index in [4.69, 9.17) is 0 Å². The molecule has 5 nitrogen and oxygen atoms in total. The third-order valence-corrected chi connectivity index (χ3v) is 5.04. The Morgan fingerprint density at radius 3 is 2.69 bits per heavy atom. The summed E-state index contributed by atoms with van der Waals surface area (Å²) in [6, 6.07) is 0. The molecule has 1 fully saturated rings. The maximum absolute atomic E-state index is 10.7. The van der Waals surface area contributed by atoms with E-state index in [0.717, 1.165) is 43.9 Å². The van der Waals surface area contributed by atoms with Crippen molar-refractivity contribution in [1.29, 1.82) is 0 Å². The zero-order chi connectivity index (χ0) is 18.9. The number of nitrogens with one attached hydrogen (secondary N) is 3. The molecule has 0 saturated carbocycles. The van der Waals surface area contributed by atoms with Crippen LogP contribution in [0.2, 0.25) is 0 Å². The normalized spacial score (nSPS) is 23.6. The Kier molecular flexibility index (Phi) is 8.01. The van der Waals surface area contributed by atoms with Crippen molar-refractivity contribution in [3.63, 3.8) is 0 Å². The molecule has 1 saturated heterocycles. The van der Waals surface area contributed by atoms with Crippen molar-refractivity contribution < 1.29 is 5.11 Å². The molecule has 1 heterocycles. The average Bonchev–Trinajstić information content (AvgIpc) is 2.68. The molecule has 0 radical (unpaired) electrons. The Bertz CT molecular complexity index is 610. The van der Waals surface area contributed by atoms with Gasteiger partial charge in [0.1, 0.15) is 0 Å². The fourth-order valence-electron chi connectivity index (χ4n) is 3.40. The molecule has 2 rings (SSSR count). The molecular weight excluding hydrogens is 324 g/mol. The lowest BCUT2D eigenvalue weighted by molar-refractivity contribution is 0.185. The fourth-order valence-corrected chi connectivity index (χ4v) is 3.40. The van der Waals surface area contributed by atoms with Crippen molar-refractivity contribution in [2.24, 2.45) is 5.92 Å². The predicted octanol–water partition coefficient (Wildman–Crippen LogP) is 2.23. The first-order valence-electron chi connectivity index (χ1n) is 9.55. The minimum atomic E-state index is -0.754. The Labute approximate surface area is 158 Å². The number of rotatable bonds is 7. The van der Waals surface area contributed by atoms with Crippen LogP contribution in [0.5, 0.6) is 0 Å². The topological polar surface area (TPSA) is 59.6 Å². The first-order valence-corrected chi connectivity index (χ1v) is 9.55. The molecule has 0 spiro atoms. The lowest BCUT2D eigenvalue weighted by Crippen LogP contribution is -2.45. The van der Waals surface area contributed by atoms with Crippen LogP contribution in [0.15, 0.2) is 59.1 Å². The third-order valence-electron chi connectivity index (χ3n) is 5.04. The van der Waals surface area contributed by atoms with Crippen LogP contribution in [0.1, 0.15) is 27.2 Å². The molecule has 0 aromatic carbocycles. The molecule has 1 aliphatic heterocycles. The fraction of sp³-hybridized carbons (Fsp3) is 0.524. The van der Waals surface area contributed by atoms with Gasteiger partial charge in [0, 0.05) is 56.6 Å². The minimum absolute atomic E-state index is 0.426. The van der Waals surface area contributed by atoms with E-state index in [9.17, 15) is 5.11 Å². The number of aliphatic hydroxyl groups excluding tert-OH is 1. The van der Waals surface area contributed by atoms with E-state index < -0.39 is 6.23 Å². The number of aliphatic hydroxyl groups is 1. The number of nitrogens with zero attached hydrogens (tertiary/aromatic N) is 1. The molecule has 5 heteroatoms. The lowest BCUT2D eigenvalue weighted by Gasteiger charge is -2.36. The van der Waals surface area contributed by atoms with Crippen molar-refractivity contribution in [2.75, 3.05) is 33.2 Å². The number of allylic oxidation sites excluding steroid dienone is 6. The maximum Gasteiger partial charge on any atom is 0.152 e. The van der Waals surface area contributed by atoms with E-state index in [1.807, 2.05) is 32.3 Å². The smallest absolute Gasteiger partial charge is 0.152 e. The van der Waals surface area contributed by atoms with Crippen LogP contribution in [0.4, 0.5) is 0 Å². The molecule has 4 N–H and O–H groups in total. The molecule has 0 bridgehead atoms. The molecule has 2 atom stereocenters. The lowest BCUT2D eigenvalue weighted by atomic mass is 9.89. The van der Waals surface area contributed by atoms with Crippen molar-refractivity contribution in [1.82, 2.24) is 20.9 Å². The third kappa shape index (κ3) is 5.26. The quantitative estimate of drug-likeness (QED) is 0.319. The molecule has 0 amide bonds. The molecule has 144 valence electrons. The monoisotopic (exact) mass is 358 g/mol. The second kappa shape index (κ2) is 10.2. The molecular formula is C21H34N4O. The first-order chi connectivity index (χ1) is 12.6. The summed E-state index contributed by atoms with van der Waals surface area (Å²) in [5.74, 6) is 0.426. The Morgan fingerprint density at radius 2 is 2.08 bits per heavy atom. The van der Waals surface area contributed by atoms with Crippen LogP contribution < -0.4 is 16.0 Å². The van der Waals surface area contributed by atoms with Crippen LogP contribution in [-0.4, -0.2) is 49.5 Å². The van der Waals surface area contributed by atoms with Gasteiger partial charge in [-0.3, -0.25) is 0 Å². The van der Waals surface area contributed by atoms with E-state index >= 15 is 0 Å². The number of piperazine rings is 1. The molecule has 2 aliphatic rings. The van der Waals surface area contributed by atoms with E-state index in [-0.39, 0.29) is 0 Å². The highest BCUT2D eigenvalue weighted by Gasteiger charge is 2.24. The van der Waals surface area contributed by atoms with E-state index in [1.165, 1.54) is 11.3 Å². The summed E-state index contributed by atoms with van der Waals surface area (Å²) in [4.78, 5) is 2.45. The van der Waals surface area contributed by atoms with Gasteiger partial charge < -0.3 is 26.0 Å². The van der Waals surface area contributed by atoms with Gasteiger partial charge in [-0.25, -0.2) is 0 Å². The molecule has 1 aliphatic carbocycles. The molecule has 0 aromatic heterocycles. The highest BCUT2D eigenvalue weighted by atomic mass is 16.3. The Balaban J connectivity index is 2.26. The van der Waals surface area contributed by atoms with Gasteiger partial charge in [0.2, 0.25) is 0 Å². The SMILES string of the molecule is C/C=C\C(=C/NC)C(O)NC1=C(N2CCNCC2)CC(/C(C)=C/C)C=C1. The summed E-state index contributed by atoms with van der Waals surface area (Å²) in [6.07, 6.45) is 12.5. The van der Waals surface area contributed by atoms with Crippen molar-refractivity contribution in [2.45, 2.75) is 33.4 Å². The summed E-state index contributed by atoms with van der Waals surface area (Å²) < 4.78 is 0. The van der Waals surface area contributed by atoms with Gasteiger partial charge in [0.25, 0.3) is 0 Å². The summed E-state index contributed by atoms with van der Waals surface area (Å²) in [5.41, 5.74) is 4.51. The molecule has 26 heavy (non-hydrogen) atoms. The summed E-state index contributed by atoms with van der Waals surface area (Å²) in [6.45, 7) is 10.2. The zero-order valence-electron chi connectivity index (χ0n) is 16.5. The van der Waals surface area contributed by atoms with Crippen molar-refractivity contribution >= 4 is 0 Å². The summed E-state index contributed by atoms with van der Waals surface area (Å²) in [5, 5.41) is 20.4. The Hall–Kier alpha value is -1.98. The van der Waals surface area contributed by atoms with Gasteiger partial charge in [-0.2, -0.15) is 0 Å². The van der Waals surface area contributed by atoms with Crippen molar-refractivity contribution in [3.8, 4) is 0 Å². The summed E-state index contributed by atoms with van der Waals surface area (Å²) >= 11 is 0. The van der Waals surface area contributed by atoms with Gasteiger partial charge in [-0.1, -0.05) is 29.9 Å². The highest BCUT2D eigenvalue weighted by Crippen LogP contribution is 2.30. The van der Waals surface area contributed by atoms with Crippen LogP contribution in [-0.2, 0) is 0 Å². The van der Waals surface area contributed by atoms with Crippen LogP contribution >= 0.6 is 0 Å². The average molecular weight is 359 g/mol. The molecule has 2 unspecified atom stereocenters. The number of hydrogen-bond acceptors (Lipinski definition) is 5. The second-order valence-corrected chi connectivity index (χ2v) is 6.78. The van der Waals surface area contributed by atoms with Crippen LogP contribution in [0.25, 0.3) is 0 Å². The Morgan fingerprint density at radius 1 is 1.35 bits per heavy atom. The largest absolute Gasteiger partial charge is 0.394 e. The minimum Gasteiger partial charge on any atom is -0.394 e. The van der Waals surface area contributed by atoms with E-state index in [2.05, 4.69) is 52.9 Å².